The highest BCUT2D eigenvalue weighted by Gasteiger charge is 2.24. The van der Waals surface area contributed by atoms with Crippen molar-refractivity contribution in [3.8, 4) is 23.1 Å². The van der Waals surface area contributed by atoms with Crippen LogP contribution in [-0.4, -0.2) is 58.8 Å². The molecule has 35 heavy (non-hydrogen) atoms. The van der Waals surface area contributed by atoms with Gasteiger partial charge < -0.3 is 19.3 Å². The zero-order valence-corrected chi connectivity index (χ0v) is 21.8. The Labute approximate surface area is 209 Å². The van der Waals surface area contributed by atoms with Crippen LogP contribution in [0.2, 0.25) is 0 Å². The average molecular weight is 482 g/mol. The van der Waals surface area contributed by atoms with Gasteiger partial charge in [-0.2, -0.15) is 5.10 Å². The molecule has 2 aromatic carbocycles. The lowest BCUT2D eigenvalue weighted by Crippen LogP contribution is -2.39. The fourth-order valence-electron chi connectivity index (χ4n) is 3.80. The maximum absolute atomic E-state index is 10.6. The summed E-state index contributed by atoms with van der Waals surface area (Å²) in [5, 5.41) is 15.5. The minimum absolute atomic E-state index is 0.202. The van der Waals surface area contributed by atoms with Crippen molar-refractivity contribution in [3.63, 3.8) is 0 Å². The van der Waals surface area contributed by atoms with Gasteiger partial charge >= 0.3 is 0 Å². The van der Waals surface area contributed by atoms with Crippen molar-refractivity contribution in [1.82, 2.24) is 14.7 Å². The van der Waals surface area contributed by atoms with E-state index in [1.165, 1.54) is 0 Å². The smallest absolute Gasteiger partial charge is 0.227 e. The molecule has 0 amide bonds. The van der Waals surface area contributed by atoms with Gasteiger partial charge in [-0.1, -0.05) is 44.2 Å². The summed E-state index contributed by atoms with van der Waals surface area (Å²) in [6, 6.07) is 17.7. The van der Waals surface area contributed by atoms with E-state index in [1.54, 1.807) is 7.11 Å². The van der Waals surface area contributed by atoms with Gasteiger partial charge in [0.1, 0.15) is 0 Å². The number of benzene rings is 2. The first-order valence-corrected chi connectivity index (χ1v) is 12.2. The van der Waals surface area contributed by atoms with Crippen LogP contribution in [0.25, 0.3) is 5.69 Å². The summed E-state index contributed by atoms with van der Waals surface area (Å²) in [7, 11) is 1.63. The summed E-state index contributed by atoms with van der Waals surface area (Å²) in [6.45, 7) is 12.4. The Morgan fingerprint density at radius 2 is 1.60 bits per heavy atom. The summed E-state index contributed by atoms with van der Waals surface area (Å²) in [6.07, 6.45) is -0.584. The van der Waals surface area contributed by atoms with E-state index in [9.17, 15) is 5.11 Å². The molecule has 0 aliphatic rings. The highest BCUT2D eigenvalue weighted by atomic mass is 16.5. The third kappa shape index (κ3) is 7.31. The Balaban J connectivity index is 1.93. The SMILES string of the molecule is COc1ccccc1Oc1c(CN(C[C@H](O)COCC(C)C)C(C)C)c(C)nn1-c1ccccc1. The second kappa shape index (κ2) is 12.7. The van der Waals surface area contributed by atoms with Crippen molar-refractivity contribution in [2.45, 2.75) is 53.3 Å². The van der Waals surface area contributed by atoms with Crippen molar-refractivity contribution in [1.29, 1.82) is 0 Å². The molecule has 0 unspecified atom stereocenters. The van der Waals surface area contributed by atoms with Crippen LogP contribution in [0.5, 0.6) is 17.4 Å². The van der Waals surface area contributed by atoms with E-state index in [0.29, 0.717) is 49.6 Å². The van der Waals surface area contributed by atoms with Crippen molar-refractivity contribution < 1.29 is 19.3 Å². The maximum atomic E-state index is 10.6. The lowest BCUT2D eigenvalue weighted by atomic mass is 10.2. The number of aryl methyl sites for hydroxylation is 1. The molecule has 0 aliphatic heterocycles. The summed E-state index contributed by atoms with van der Waals surface area (Å²) in [5.41, 5.74) is 2.74. The number of ether oxygens (including phenoxy) is 3. The molecule has 1 N–H and O–H groups in total. The first-order valence-electron chi connectivity index (χ1n) is 12.2. The lowest BCUT2D eigenvalue weighted by molar-refractivity contribution is 0.00160. The van der Waals surface area contributed by atoms with E-state index in [4.69, 9.17) is 19.3 Å². The zero-order valence-electron chi connectivity index (χ0n) is 21.8. The highest BCUT2D eigenvalue weighted by molar-refractivity contribution is 5.47. The molecule has 0 saturated heterocycles. The van der Waals surface area contributed by atoms with Crippen LogP contribution in [-0.2, 0) is 11.3 Å². The lowest BCUT2D eigenvalue weighted by Gasteiger charge is -2.29. The molecule has 0 radical (unpaired) electrons. The second-order valence-corrected chi connectivity index (χ2v) is 9.48. The average Bonchev–Trinajstić information content (AvgIpc) is 3.14. The minimum Gasteiger partial charge on any atom is -0.493 e. The van der Waals surface area contributed by atoms with Crippen molar-refractivity contribution in [2.24, 2.45) is 5.92 Å². The number of aliphatic hydroxyl groups excluding tert-OH is 1. The fraction of sp³-hybridized carbons (Fsp3) is 0.464. The molecule has 7 heteroatoms. The van der Waals surface area contributed by atoms with Crippen LogP contribution < -0.4 is 9.47 Å². The normalized spacial score (nSPS) is 12.5. The first-order chi connectivity index (χ1) is 16.8. The van der Waals surface area contributed by atoms with Crippen LogP contribution in [0.1, 0.15) is 39.0 Å². The van der Waals surface area contributed by atoms with Crippen LogP contribution in [0.3, 0.4) is 0 Å². The third-order valence-electron chi connectivity index (χ3n) is 5.71. The quantitative estimate of drug-likeness (QED) is 0.361. The van der Waals surface area contributed by atoms with E-state index in [-0.39, 0.29) is 6.04 Å². The molecule has 1 heterocycles. The predicted octanol–water partition coefficient (Wildman–Crippen LogP) is 5.23. The van der Waals surface area contributed by atoms with Gasteiger partial charge in [0.15, 0.2) is 11.5 Å². The maximum Gasteiger partial charge on any atom is 0.227 e. The molecule has 3 aromatic rings. The third-order valence-corrected chi connectivity index (χ3v) is 5.71. The predicted molar refractivity (Wildman–Crippen MR) is 139 cm³/mol. The Morgan fingerprint density at radius 1 is 0.943 bits per heavy atom. The van der Waals surface area contributed by atoms with Gasteiger partial charge in [-0.15, -0.1) is 0 Å². The van der Waals surface area contributed by atoms with E-state index < -0.39 is 6.10 Å². The van der Waals surface area contributed by atoms with Gasteiger partial charge in [-0.3, -0.25) is 4.90 Å². The molecule has 0 bridgehead atoms. The van der Waals surface area contributed by atoms with E-state index in [1.807, 2.05) is 66.2 Å². The Hall–Kier alpha value is -2.87. The molecule has 1 aromatic heterocycles. The second-order valence-electron chi connectivity index (χ2n) is 9.48. The van der Waals surface area contributed by atoms with Crippen molar-refractivity contribution in [3.05, 3.63) is 65.9 Å². The number of aromatic nitrogens is 2. The largest absolute Gasteiger partial charge is 0.493 e. The summed E-state index contributed by atoms with van der Waals surface area (Å²) in [4.78, 5) is 2.22. The molecule has 7 nitrogen and oxygen atoms in total. The molecular formula is C28H39N3O4. The molecule has 1 atom stereocenters. The fourth-order valence-corrected chi connectivity index (χ4v) is 3.80. The summed E-state index contributed by atoms with van der Waals surface area (Å²) < 4.78 is 19.5. The number of para-hydroxylation sites is 3. The molecule has 0 fully saturated rings. The topological polar surface area (TPSA) is 69.0 Å². The summed E-state index contributed by atoms with van der Waals surface area (Å²) >= 11 is 0. The van der Waals surface area contributed by atoms with Crippen LogP contribution >= 0.6 is 0 Å². The number of hydrogen-bond donors (Lipinski definition) is 1. The number of nitrogens with zero attached hydrogens (tertiary/aromatic N) is 3. The van der Waals surface area contributed by atoms with Gasteiger partial charge in [0.05, 0.1) is 36.8 Å². The van der Waals surface area contributed by atoms with Crippen LogP contribution in [0.15, 0.2) is 54.6 Å². The molecule has 0 saturated carbocycles. The van der Waals surface area contributed by atoms with E-state index >= 15 is 0 Å². The van der Waals surface area contributed by atoms with Gasteiger partial charge in [0.2, 0.25) is 5.88 Å². The van der Waals surface area contributed by atoms with Gasteiger partial charge in [0, 0.05) is 25.7 Å². The van der Waals surface area contributed by atoms with E-state index in [2.05, 4.69) is 32.6 Å². The van der Waals surface area contributed by atoms with Gasteiger partial charge in [0.25, 0.3) is 0 Å². The zero-order chi connectivity index (χ0) is 25.4. The summed E-state index contributed by atoms with van der Waals surface area (Å²) in [5.74, 6) is 2.33. The van der Waals surface area contributed by atoms with Crippen LogP contribution in [0.4, 0.5) is 0 Å². The van der Waals surface area contributed by atoms with Crippen molar-refractivity contribution in [2.75, 3.05) is 26.9 Å². The first kappa shape index (κ1) is 26.7. The molecule has 3 rings (SSSR count). The molecule has 0 spiro atoms. The van der Waals surface area contributed by atoms with Crippen LogP contribution in [0, 0.1) is 12.8 Å². The van der Waals surface area contributed by atoms with E-state index in [0.717, 1.165) is 16.9 Å². The van der Waals surface area contributed by atoms with Crippen molar-refractivity contribution >= 4 is 0 Å². The number of aliphatic hydroxyl groups is 1. The number of rotatable bonds is 13. The molecule has 190 valence electrons. The van der Waals surface area contributed by atoms with Gasteiger partial charge in [-0.05, 0) is 51.0 Å². The number of methoxy groups -OCH3 is 1. The minimum atomic E-state index is -0.584. The molecular weight excluding hydrogens is 442 g/mol. The number of hydrogen-bond acceptors (Lipinski definition) is 6. The Morgan fingerprint density at radius 3 is 2.23 bits per heavy atom. The standard InChI is InChI=1S/C28H39N3O4/c1-20(2)18-34-19-24(32)16-30(21(3)4)17-25-22(5)29-31(23-12-8-7-9-13-23)28(25)35-27-15-11-10-14-26(27)33-6/h7-15,20-21,24,32H,16-19H2,1-6H3/t24-/m0/s1. The Kier molecular flexibility index (Phi) is 9.72. The highest BCUT2D eigenvalue weighted by Crippen LogP contribution is 2.36. The monoisotopic (exact) mass is 481 g/mol. The Bertz CT molecular complexity index is 1050. The molecule has 0 aliphatic carbocycles. The van der Waals surface area contributed by atoms with Gasteiger partial charge in [-0.25, -0.2) is 4.68 Å².